The number of ether oxygens (including phenoxy) is 4. The second-order valence-electron chi connectivity index (χ2n) is 3.99. The van der Waals surface area contributed by atoms with Gasteiger partial charge in [0.05, 0.1) is 39.4 Å². The first-order chi connectivity index (χ1) is 8.76. The second-order valence-corrected chi connectivity index (χ2v) is 4.46. The summed E-state index contributed by atoms with van der Waals surface area (Å²) in [6.07, 6.45) is -0.150. The number of methoxy groups -OCH3 is 2. The van der Waals surface area contributed by atoms with E-state index in [1.54, 1.807) is 14.2 Å². The van der Waals surface area contributed by atoms with E-state index in [1.165, 1.54) is 0 Å². The third kappa shape index (κ3) is 2.88. The van der Waals surface area contributed by atoms with Gasteiger partial charge in [-0.25, -0.2) is 0 Å². The zero-order valence-corrected chi connectivity index (χ0v) is 11.3. The number of rotatable bonds is 4. The van der Waals surface area contributed by atoms with Crippen LogP contribution in [0.4, 0.5) is 0 Å². The molecule has 1 aliphatic rings. The molecule has 0 bridgehead atoms. The predicted molar refractivity (Wildman–Crippen MR) is 68.7 cm³/mol. The monoisotopic (exact) mass is 272 g/mol. The van der Waals surface area contributed by atoms with Gasteiger partial charge in [0.2, 0.25) is 0 Å². The highest BCUT2D eigenvalue weighted by Gasteiger charge is 2.27. The van der Waals surface area contributed by atoms with E-state index in [2.05, 4.69) is 0 Å². The van der Waals surface area contributed by atoms with Crippen LogP contribution in [-0.4, -0.2) is 40.1 Å². The van der Waals surface area contributed by atoms with Crippen molar-refractivity contribution in [1.29, 1.82) is 0 Å². The van der Waals surface area contributed by atoms with Crippen molar-refractivity contribution in [3.8, 4) is 11.5 Å². The summed E-state index contributed by atoms with van der Waals surface area (Å²) in [5, 5.41) is -0.300. The Labute approximate surface area is 112 Å². The Balaban J connectivity index is 2.20. The van der Waals surface area contributed by atoms with Gasteiger partial charge in [0, 0.05) is 11.6 Å². The normalized spacial score (nSPS) is 21.4. The van der Waals surface area contributed by atoms with Gasteiger partial charge in [-0.3, -0.25) is 0 Å². The summed E-state index contributed by atoms with van der Waals surface area (Å²) in [5.74, 6) is 1.43. The minimum Gasteiger partial charge on any atom is -0.497 e. The lowest BCUT2D eigenvalue weighted by atomic mass is 10.1. The van der Waals surface area contributed by atoms with E-state index in [1.807, 2.05) is 18.2 Å². The zero-order valence-electron chi connectivity index (χ0n) is 10.5. The summed E-state index contributed by atoms with van der Waals surface area (Å²) in [6.45, 7) is 1.70. The number of halogens is 1. The fraction of sp³-hybridized carbons (Fsp3) is 0.538. The summed E-state index contributed by atoms with van der Waals surface area (Å²) < 4.78 is 21.5. The van der Waals surface area contributed by atoms with Gasteiger partial charge in [-0.1, -0.05) is 6.07 Å². The summed E-state index contributed by atoms with van der Waals surface area (Å²) in [4.78, 5) is 0. The molecule has 1 aliphatic heterocycles. The Bertz CT molecular complexity index is 391. The predicted octanol–water partition coefficient (Wildman–Crippen LogP) is 2.40. The van der Waals surface area contributed by atoms with Gasteiger partial charge >= 0.3 is 0 Å². The van der Waals surface area contributed by atoms with Crippen molar-refractivity contribution in [1.82, 2.24) is 0 Å². The smallest absolute Gasteiger partial charge is 0.127 e. The van der Waals surface area contributed by atoms with Gasteiger partial charge in [-0.2, -0.15) is 0 Å². The molecule has 0 N–H and O–H groups in total. The fourth-order valence-electron chi connectivity index (χ4n) is 1.92. The van der Waals surface area contributed by atoms with Crippen LogP contribution in [-0.2, 0) is 9.47 Å². The van der Waals surface area contributed by atoms with E-state index in [0.717, 1.165) is 11.3 Å². The average molecular weight is 273 g/mol. The van der Waals surface area contributed by atoms with Crippen LogP contribution < -0.4 is 9.47 Å². The van der Waals surface area contributed by atoms with Gasteiger partial charge in [-0.15, -0.1) is 11.6 Å². The van der Waals surface area contributed by atoms with E-state index >= 15 is 0 Å². The van der Waals surface area contributed by atoms with Crippen molar-refractivity contribution < 1.29 is 18.9 Å². The molecule has 100 valence electrons. The van der Waals surface area contributed by atoms with E-state index < -0.39 is 0 Å². The highest BCUT2D eigenvalue weighted by atomic mass is 35.5. The molecule has 0 aromatic heterocycles. The van der Waals surface area contributed by atoms with Crippen LogP contribution in [0.1, 0.15) is 10.9 Å². The van der Waals surface area contributed by atoms with Crippen LogP contribution in [0.3, 0.4) is 0 Å². The molecule has 0 aliphatic carbocycles. The minimum absolute atomic E-state index is 0.150. The first-order valence-electron chi connectivity index (χ1n) is 5.81. The largest absolute Gasteiger partial charge is 0.497 e. The average Bonchev–Trinajstić information content (AvgIpc) is 2.46. The van der Waals surface area contributed by atoms with Crippen molar-refractivity contribution in [2.24, 2.45) is 0 Å². The Morgan fingerprint density at radius 1 is 1.28 bits per heavy atom. The third-order valence-corrected chi connectivity index (χ3v) is 3.42. The van der Waals surface area contributed by atoms with Crippen LogP contribution in [0.25, 0.3) is 0 Å². The minimum atomic E-state index is -0.300. The summed E-state index contributed by atoms with van der Waals surface area (Å²) in [6, 6.07) is 5.57. The number of hydrogen-bond donors (Lipinski definition) is 0. The molecule has 1 heterocycles. The van der Waals surface area contributed by atoms with Crippen LogP contribution in [0.15, 0.2) is 18.2 Å². The number of hydrogen-bond acceptors (Lipinski definition) is 4. The van der Waals surface area contributed by atoms with Crippen LogP contribution in [0, 0.1) is 0 Å². The lowest BCUT2D eigenvalue weighted by Gasteiger charge is -2.27. The van der Waals surface area contributed by atoms with Crippen molar-refractivity contribution in [3.63, 3.8) is 0 Å². The van der Waals surface area contributed by atoms with E-state index in [0.29, 0.717) is 25.6 Å². The lowest BCUT2D eigenvalue weighted by molar-refractivity contribution is -0.0893. The molecule has 5 heteroatoms. The molecule has 18 heavy (non-hydrogen) atoms. The second kappa shape index (κ2) is 6.27. The summed E-state index contributed by atoms with van der Waals surface area (Å²) in [5.41, 5.74) is 0.885. The molecule has 1 fully saturated rings. The maximum atomic E-state index is 6.44. The first-order valence-corrected chi connectivity index (χ1v) is 6.25. The van der Waals surface area contributed by atoms with E-state index in [4.69, 9.17) is 30.5 Å². The van der Waals surface area contributed by atoms with Crippen LogP contribution in [0.2, 0.25) is 0 Å². The standard InChI is InChI=1S/C13H17ClO4/c1-15-9-3-4-10(11(7-9)16-2)13(14)12-8-17-5-6-18-12/h3-4,7,12-13H,5-6,8H2,1-2H3. The van der Waals surface area contributed by atoms with Gasteiger partial charge < -0.3 is 18.9 Å². The van der Waals surface area contributed by atoms with Gasteiger partial charge in [0.1, 0.15) is 17.6 Å². The highest BCUT2D eigenvalue weighted by Crippen LogP contribution is 2.36. The molecular formula is C13H17ClO4. The molecule has 1 saturated heterocycles. The first kappa shape index (κ1) is 13.5. The van der Waals surface area contributed by atoms with Crippen molar-refractivity contribution in [2.75, 3.05) is 34.0 Å². The molecule has 0 saturated carbocycles. The maximum Gasteiger partial charge on any atom is 0.127 e. The molecule has 0 spiro atoms. The molecule has 1 aromatic rings. The molecule has 2 rings (SSSR count). The fourth-order valence-corrected chi connectivity index (χ4v) is 2.25. The van der Waals surface area contributed by atoms with Crippen molar-refractivity contribution in [3.05, 3.63) is 23.8 Å². The SMILES string of the molecule is COc1ccc(C(Cl)C2COCCO2)c(OC)c1. The molecule has 2 atom stereocenters. The quantitative estimate of drug-likeness (QED) is 0.789. The molecule has 1 aromatic carbocycles. The Kier molecular flexibility index (Phi) is 4.69. The highest BCUT2D eigenvalue weighted by molar-refractivity contribution is 6.21. The van der Waals surface area contributed by atoms with E-state index in [9.17, 15) is 0 Å². The zero-order chi connectivity index (χ0) is 13.0. The number of benzene rings is 1. The Morgan fingerprint density at radius 3 is 2.72 bits per heavy atom. The van der Waals surface area contributed by atoms with Crippen LogP contribution in [0.5, 0.6) is 11.5 Å². The molecular weight excluding hydrogens is 256 g/mol. The summed E-state index contributed by atoms with van der Waals surface area (Å²) in [7, 11) is 3.23. The number of alkyl halides is 1. The van der Waals surface area contributed by atoms with Crippen molar-refractivity contribution in [2.45, 2.75) is 11.5 Å². The summed E-state index contributed by atoms with van der Waals surface area (Å²) >= 11 is 6.44. The third-order valence-electron chi connectivity index (χ3n) is 2.91. The maximum absolute atomic E-state index is 6.44. The topological polar surface area (TPSA) is 36.9 Å². The molecule has 0 amide bonds. The van der Waals surface area contributed by atoms with Gasteiger partial charge in [0.25, 0.3) is 0 Å². The Morgan fingerprint density at radius 2 is 2.11 bits per heavy atom. The molecule has 2 unspecified atom stereocenters. The van der Waals surface area contributed by atoms with Gasteiger partial charge in [-0.05, 0) is 6.07 Å². The van der Waals surface area contributed by atoms with Crippen molar-refractivity contribution >= 4 is 11.6 Å². The molecule has 4 nitrogen and oxygen atoms in total. The van der Waals surface area contributed by atoms with E-state index in [-0.39, 0.29) is 11.5 Å². The molecule has 0 radical (unpaired) electrons. The van der Waals surface area contributed by atoms with Crippen LogP contribution >= 0.6 is 11.6 Å². The lowest BCUT2D eigenvalue weighted by Crippen LogP contribution is -2.32. The Hall–Kier alpha value is -0.970. The van der Waals surface area contributed by atoms with Gasteiger partial charge in [0.15, 0.2) is 0 Å².